The lowest BCUT2D eigenvalue weighted by atomic mass is 9.94. The molecule has 5 rings (SSSR count). The van der Waals surface area contributed by atoms with E-state index in [1.165, 1.54) is 17.0 Å². The number of hydrogen-bond donors (Lipinski definition) is 5. The highest BCUT2D eigenvalue weighted by molar-refractivity contribution is 6.02. The maximum Gasteiger partial charge on any atom is 0.348 e. The molecule has 13 nitrogen and oxygen atoms in total. The van der Waals surface area contributed by atoms with Gasteiger partial charge in [0.1, 0.15) is 30.7 Å². The normalized spacial score (nSPS) is 20.9. The van der Waals surface area contributed by atoms with E-state index in [0.29, 0.717) is 29.3 Å². The highest BCUT2D eigenvalue weighted by atomic mass is 16.6. The maximum atomic E-state index is 12.1. The average Bonchev–Trinajstić information content (AvgIpc) is 3.51. The molecular formula is C27H27N5O8. The van der Waals surface area contributed by atoms with E-state index in [-0.39, 0.29) is 0 Å². The zero-order chi connectivity index (χ0) is 28.3. The number of nitrogens with zero attached hydrogens (tertiary/aromatic N) is 4. The van der Waals surface area contributed by atoms with Crippen LogP contribution in [0.1, 0.15) is 22.9 Å². The van der Waals surface area contributed by atoms with E-state index in [9.17, 15) is 30.0 Å². The van der Waals surface area contributed by atoms with Gasteiger partial charge in [-0.1, -0.05) is 60.7 Å². The summed E-state index contributed by atoms with van der Waals surface area (Å²) in [4.78, 5) is 32.8. The molecule has 5 N–H and O–H groups in total. The Bertz CT molecular complexity index is 1470. The molecule has 40 heavy (non-hydrogen) atoms. The Morgan fingerprint density at radius 3 is 2.25 bits per heavy atom. The van der Waals surface area contributed by atoms with Gasteiger partial charge in [0.05, 0.1) is 18.5 Å². The third-order valence-corrected chi connectivity index (χ3v) is 6.77. The summed E-state index contributed by atoms with van der Waals surface area (Å²) in [5, 5.41) is 48.5. The van der Waals surface area contributed by atoms with Gasteiger partial charge in [-0.05, 0) is 11.1 Å². The van der Waals surface area contributed by atoms with Gasteiger partial charge in [-0.2, -0.15) is 5.10 Å². The Balaban J connectivity index is 1.33. The SMILES string of the molecule is O=C(O)C(Cc1ccccc1)(OC[C@H]1O[C@@H](c2cnc3c(NCc4ccccc4)ncnn23)[C@H](O)[C@@H]1O)C(=O)O. The Morgan fingerprint density at radius 2 is 1.60 bits per heavy atom. The van der Waals surface area contributed by atoms with Crippen molar-refractivity contribution in [2.45, 2.75) is 43.0 Å². The van der Waals surface area contributed by atoms with Crippen LogP contribution in [0, 0.1) is 0 Å². The van der Waals surface area contributed by atoms with Crippen molar-refractivity contribution in [1.82, 2.24) is 19.6 Å². The van der Waals surface area contributed by atoms with Gasteiger partial charge in [0.25, 0.3) is 5.60 Å². The number of aromatic nitrogens is 4. The first-order valence-corrected chi connectivity index (χ1v) is 12.4. The number of carboxylic acids is 2. The van der Waals surface area contributed by atoms with Crippen LogP contribution < -0.4 is 5.32 Å². The second kappa shape index (κ2) is 11.4. The number of aliphatic hydroxyl groups is 2. The number of hydrogen-bond acceptors (Lipinski definition) is 10. The number of aliphatic hydroxyl groups excluding tert-OH is 2. The largest absolute Gasteiger partial charge is 0.479 e. The van der Waals surface area contributed by atoms with Gasteiger partial charge in [-0.3, -0.25) is 0 Å². The molecule has 0 amide bonds. The van der Waals surface area contributed by atoms with E-state index < -0.39 is 55.0 Å². The standard InChI is InChI=1S/C27H27N5O8/c33-20-19(14-39-27(25(35)36,26(37)38)11-16-7-3-1-4-8-16)40-22(21(20)34)18-13-29-24-23(30-15-31-32(18)24)28-12-17-9-5-2-6-10-17/h1-10,13,15,19-22,33-34H,11-12,14H2,(H,35,36)(H,37,38)(H,28,30,31)/t19-,20-,21-,22+/m1/s1. The van der Waals surface area contributed by atoms with Crippen molar-refractivity contribution in [3.8, 4) is 0 Å². The predicted octanol–water partition coefficient (Wildman–Crippen LogP) is 1.07. The molecule has 1 aliphatic heterocycles. The highest BCUT2D eigenvalue weighted by Gasteiger charge is 2.51. The van der Waals surface area contributed by atoms with Crippen LogP contribution in [0.25, 0.3) is 5.65 Å². The molecule has 3 heterocycles. The van der Waals surface area contributed by atoms with E-state index in [4.69, 9.17) is 9.47 Å². The Hall–Kier alpha value is -4.43. The zero-order valence-electron chi connectivity index (χ0n) is 21.1. The molecule has 1 fully saturated rings. The number of aliphatic carboxylic acids is 2. The minimum Gasteiger partial charge on any atom is -0.479 e. The number of benzene rings is 2. The number of imidazole rings is 1. The number of carboxylic acid groups (broad SMARTS) is 2. The van der Waals surface area contributed by atoms with Gasteiger partial charge in [-0.15, -0.1) is 0 Å². The van der Waals surface area contributed by atoms with E-state index in [0.717, 1.165) is 5.56 Å². The van der Waals surface area contributed by atoms with Gasteiger partial charge >= 0.3 is 11.9 Å². The third kappa shape index (κ3) is 5.22. The molecule has 0 bridgehead atoms. The van der Waals surface area contributed by atoms with Crippen molar-refractivity contribution in [2.75, 3.05) is 11.9 Å². The smallest absolute Gasteiger partial charge is 0.348 e. The van der Waals surface area contributed by atoms with Gasteiger partial charge < -0.3 is 35.2 Å². The van der Waals surface area contributed by atoms with Gasteiger partial charge in [0.15, 0.2) is 11.5 Å². The topological polar surface area (TPSA) is 189 Å². The molecular weight excluding hydrogens is 522 g/mol. The Kier molecular flexibility index (Phi) is 7.71. The molecule has 1 saturated heterocycles. The van der Waals surface area contributed by atoms with Gasteiger partial charge in [0, 0.05) is 13.0 Å². The lowest BCUT2D eigenvalue weighted by molar-refractivity contribution is -0.189. The second-order valence-corrected chi connectivity index (χ2v) is 9.35. The summed E-state index contributed by atoms with van der Waals surface area (Å²) >= 11 is 0. The summed E-state index contributed by atoms with van der Waals surface area (Å²) in [6, 6.07) is 17.8. The quantitative estimate of drug-likeness (QED) is 0.168. The summed E-state index contributed by atoms with van der Waals surface area (Å²) < 4.78 is 12.7. The van der Waals surface area contributed by atoms with Crippen molar-refractivity contribution in [3.05, 3.63) is 90.0 Å². The number of rotatable bonds is 11. The molecule has 4 atom stereocenters. The lowest BCUT2D eigenvalue weighted by Gasteiger charge is -2.27. The van der Waals surface area contributed by atoms with Crippen molar-refractivity contribution >= 4 is 23.4 Å². The van der Waals surface area contributed by atoms with Crippen molar-refractivity contribution in [1.29, 1.82) is 0 Å². The fraction of sp³-hybridized carbons (Fsp3) is 0.296. The first-order chi connectivity index (χ1) is 19.3. The van der Waals surface area contributed by atoms with Crippen molar-refractivity contribution in [2.24, 2.45) is 0 Å². The molecule has 208 valence electrons. The zero-order valence-corrected chi connectivity index (χ0v) is 21.1. The van der Waals surface area contributed by atoms with Crippen LogP contribution in [0.5, 0.6) is 0 Å². The van der Waals surface area contributed by atoms with Crippen LogP contribution >= 0.6 is 0 Å². The van der Waals surface area contributed by atoms with Crippen LogP contribution in [0.4, 0.5) is 5.82 Å². The minimum absolute atomic E-state index is 0.307. The van der Waals surface area contributed by atoms with Crippen molar-refractivity contribution < 1.29 is 39.5 Å². The molecule has 2 aromatic carbocycles. The van der Waals surface area contributed by atoms with Crippen LogP contribution in [0.2, 0.25) is 0 Å². The lowest BCUT2D eigenvalue weighted by Crippen LogP contribution is -2.52. The second-order valence-electron chi connectivity index (χ2n) is 9.35. The summed E-state index contributed by atoms with van der Waals surface area (Å²) in [5.74, 6) is -2.98. The van der Waals surface area contributed by atoms with E-state index >= 15 is 0 Å². The molecule has 0 unspecified atom stereocenters. The van der Waals surface area contributed by atoms with Crippen LogP contribution in [-0.4, -0.2) is 82.5 Å². The van der Waals surface area contributed by atoms with E-state index in [1.807, 2.05) is 30.3 Å². The van der Waals surface area contributed by atoms with Gasteiger partial charge in [-0.25, -0.2) is 24.1 Å². The summed E-state index contributed by atoms with van der Waals surface area (Å²) in [6.45, 7) is -0.135. The minimum atomic E-state index is -2.64. The fourth-order valence-electron chi connectivity index (χ4n) is 4.59. The highest BCUT2D eigenvalue weighted by Crippen LogP contribution is 2.35. The molecule has 0 radical (unpaired) electrons. The third-order valence-electron chi connectivity index (χ3n) is 6.77. The molecule has 0 spiro atoms. The predicted molar refractivity (Wildman–Crippen MR) is 138 cm³/mol. The molecule has 13 heteroatoms. The molecule has 0 saturated carbocycles. The number of nitrogens with one attached hydrogen (secondary N) is 1. The van der Waals surface area contributed by atoms with Gasteiger partial charge in [0.2, 0.25) is 0 Å². The fourth-order valence-corrected chi connectivity index (χ4v) is 4.59. The summed E-state index contributed by atoms with van der Waals surface area (Å²) in [6.07, 6.45) is -3.05. The van der Waals surface area contributed by atoms with Crippen molar-refractivity contribution in [3.63, 3.8) is 0 Å². The number of anilines is 1. The summed E-state index contributed by atoms with van der Waals surface area (Å²) in [7, 11) is 0. The maximum absolute atomic E-state index is 12.1. The Morgan fingerprint density at radius 1 is 0.950 bits per heavy atom. The number of carbonyl (C=O) groups is 2. The molecule has 0 aliphatic carbocycles. The molecule has 1 aliphatic rings. The first-order valence-electron chi connectivity index (χ1n) is 12.4. The average molecular weight is 550 g/mol. The van der Waals surface area contributed by atoms with Crippen LogP contribution in [0.3, 0.4) is 0 Å². The number of ether oxygens (including phenoxy) is 2. The van der Waals surface area contributed by atoms with Crippen LogP contribution in [0.15, 0.2) is 73.2 Å². The molecule has 2 aromatic heterocycles. The van der Waals surface area contributed by atoms with E-state index in [2.05, 4.69) is 20.4 Å². The van der Waals surface area contributed by atoms with E-state index in [1.54, 1.807) is 30.3 Å². The number of fused-ring (bicyclic) bond motifs is 1. The monoisotopic (exact) mass is 549 g/mol. The summed E-state index contributed by atoms with van der Waals surface area (Å²) in [5.41, 5.74) is -0.514. The molecule has 4 aromatic rings. The Labute approximate surface area is 227 Å². The van der Waals surface area contributed by atoms with Crippen LogP contribution in [-0.2, 0) is 32.0 Å². The first kappa shape index (κ1) is 27.1.